The quantitative estimate of drug-likeness (QED) is 0.666. The Kier molecular flexibility index (Phi) is 8.37. The molecule has 7 nitrogen and oxygen atoms in total. The number of benzene rings is 1. The summed E-state index contributed by atoms with van der Waals surface area (Å²) in [6.07, 6.45) is 0. The van der Waals surface area contributed by atoms with Crippen molar-refractivity contribution in [3.8, 4) is 0 Å². The van der Waals surface area contributed by atoms with Crippen LogP contribution < -0.4 is 16.0 Å². The third-order valence-electron chi connectivity index (χ3n) is 3.95. The van der Waals surface area contributed by atoms with Crippen LogP contribution in [0, 0.1) is 5.92 Å². The maximum absolute atomic E-state index is 12.4. The summed E-state index contributed by atoms with van der Waals surface area (Å²) in [4.78, 5) is 37.1. The fourth-order valence-corrected chi connectivity index (χ4v) is 2.52. The molecule has 3 amide bonds. The fourth-order valence-electron chi connectivity index (χ4n) is 2.52. The molecule has 2 rings (SSSR count). The van der Waals surface area contributed by atoms with Gasteiger partial charge in [-0.3, -0.25) is 14.4 Å². The summed E-state index contributed by atoms with van der Waals surface area (Å²) >= 11 is 0. The Hall–Kier alpha value is -2.12. The van der Waals surface area contributed by atoms with Gasteiger partial charge in [0, 0.05) is 37.7 Å². The molecule has 0 bridgehead atoms. The number of piperazine rings is 1. The molecule has 25 heavy (non-hydrogen) atoms. The van der Waals surface area contributed by atoms with Crippen molar-refractivity contribution in [2.75, 3.05) is 33.2 Å². The van der Waals surface area contributed by atoms with Crippen molar-refractivity contribution in [2.45, 2.75) is 13.5 Å². The Bertz CT molecular complexity index is 606. The van der Waals surface area contributed by atoms with Gasteiger partial charge in [-0.2, -0.15) is 0 Å². The number of hydrogen-bond acceptors (Lipinski definition) is 4. The first-order valence-corrected chi connectivity index (χ1v) is 8.08. The highest BCUT2D eigenvalue weighted by Crippen LogP contribution is 2.09. The van der Waals surface area contributed by atoms with Gasteiger partial charge in [0.15, 0.2) is 0 Å². The zero-order valence-electron chi connectivity index (χ0n) is 14.5. The van der Waals surface area contributed by atoms with Gasteiger partial charge in [0.1, 0.15) is 0 Å². The van der Waals surface area contributed by atoms with E-state index >= 15 is 0 Å². The lowest BCUT2D eigenvalue weighted by atomic mass is 10.1. The SMILES string of the molecule is CNCC(C)C(=O)NCc1ccc(C(=O)N2CCNC(=O)C2)cc1.Cl. The van der Waals surface area contributed by atoms with Gasteiger partial charge >= 0.3 is 0 Å². The van der Waals surface area contributed by atoms with Crippen LogP contribution >= 0.6 is 12.4 Å². The molecule has 1 fully saturated rings. The second-order valence-electron chi connectivity index (χ2n) is 5.95. The minimum absolute atomic E-state index is 0. The first kappa shape index (κ1) is 20.9. The summed E-state index contributed by atoms with van der Waals surface area (Å²) < 4.78 is 0. The standard InChI is InChI=1S/C17H24N4O3.ClH/c1-12(9-18-2)16(23)20-10-13-3-5-14(6-4-13)17(24)21-8-7-19-15(22)11-21;/h3-6,12,18H,7-11H2,1-2H3,(H,19,22)(H,20,23);1H. The van der Waals surface area contributed by atoms with Crippen LogP contribution in [0.2, 0.25) is 0 Å². The van der Waals surface area contributed by atoms with E-state index in [1.165, 1.54) is 4.90 Å². The van der Waals surface area contributed by atoms with Gasteiger partial charge < -0.3 is 20.9 Å². The summed E-state index contributed by atoms with van der Waals surface area (Å²) in [5.74, 6) is -0.391. The normalized spacial score (nSPS) is 15.0. The van der Waals surface area contributed by atoms with Crippen molar-refractivity contribution in [2.24, 2.45) is 5.92 Å². The summed E-state index contributed by atoms with van der Waals surface area (Å²) in [6, 6.07) is 7.10. The van der Waals surface area contributed by atoms with E-state index in [4.69, 9.17) is 0 Å². The van der Waals surface area contributed by atoms with Crippen LogP contribution in [0.4, 0.5) is 0 Å². The number of halogens is 1. The Morgan fingerprint density at radius 1 is 1.28 bits per heavy atom. The molecule has 1 saturated heterocycles. The van der Waals surface area contributed by atoms with Crippen molar-refractivity contribution in [3.63, 3.8) is 0 Å². The number of nitrogens with zero attached hydrogens (tertiary/aromatic N) is 1. The maximum Gasteiger partial charge on any atom is 0.254 e. The second-order valence-corrected chi connectivity index (χ2v) is 5.95. The molecular weight excluding hydrogens is 344 g/mol. The number of nitrogens with one attached hydrogen (secondary N) is 3. The maximum atomic E-state index is 12.4. The van der Waals surface area contributed by atoms with Gasteiger partial charge in [0.2, 0.25) is 11.8 Å². The number of amides is 3. The Morgan fingerprint density at radius 3 is 2.56 bits per heavy atom. The van der Waals surface area contributed by atoms with E-state index in [1.54, 1.807) is 12.1 Å². The average molecular weight is 369 g/mol. The predicted octanol–water partition coefficient (Wildman–Crippen LogP) is 0.152. The third kappa shape index (κ3) is 6.03. The molecule has 1 aromatic carbocycles. The molecule has 1 aliphatic rings. The minimum atomic E-state index is -0.150. The lowest BCUT2D eigenvalue weighted by molar-refractivity contribution is -0.124. The van der Waals surface area contributed by atoms with E-state index in [2.05, 4.69) is 16.0 Å². The van der Waals surface area contributed by atoms with Crippen LogP contribution in [0.15, 0.2) is 24.3 Å². The Balaban J connectivity index is 0.00000312. The molecule has 138 valence electrons. The van der Waals surface area contributed by atoms with Crippen molar-refractivity contribution in [3.05, 3.63) is 35.4 Å². The molecule has 0 saturated carbocycles. The van der Waals surface area contributed by atoms with Crippen LogP contribution in [0.25, 0.3) is 0 Å². The molecular formula is C17H25ClN4O3. The lowest BCUT2D eigenvalue weighted by Gasteiger charge is -2.26. The van der Waals surface area contributed by atoms with Crippen molar-refractivity contribution < 1.29 is 14.4 Å². The average Bonchev–Trinajstić information content (AvgIpc) is 2.59. The van der Waals surface area contributed by atoms with Crippen molar-refractivity contribution in [1.29, 1.82) is 0 Å². The summed E-state index contributed by atoms with van der Waals surface area (Å²) in [5, 5.41) is 8.54. The molecule has 0 radical (unpaired) electrons. The molecule has 0 spiro atoms. The van der Waals surface area contributed by atoms with E-state index < -0.39 is 0 Å². The van der Waals surface area contributed by atoms with Crippen LogP contribution in [-0.2, 0) is 16.1 Å². The van der Waals surface area contributed by atoms with Crippen LogP contribution in [0.1, 0.15) is 22.8 Å². The van der Waals surface area contributed by atoms with Crippen LogP contribution in [-0.4, -0.2) is 55.8 Å². The van der Waals surface area contributed by atoms with Gasteiger partial charge in [-0.05, 0) is 24.7 Å². The minimum Gasteiger partial charge on any atom is -0.353 e. The van der Waals surface area contributed by atoms with Gasteiger partial charge in [-0.15, -0.1) is 12.4 Å². The zero-order valence-corrected chi connectivity index (χ0v) is 15.3. The van der Waals surface area contributed by atoms with E-state index in [9.17, 15) is 14.4 Å². The van der Waals surface area contributed by atoms with Gasteiger partial charge in [0.05, 0.1) is 6.54 Å². The second kappa shape index (κ2) is 10.0. The first-order valence-electron chi connectivity index (χ1n) is 8.08. The van der Waals surface area contributed by atoms with Crippen LogP contribution in [0.3, 0.4) is 0 Å². The molecule has 3 N–H and O–H groups in total. The Morgan fingerprint density at radius 2 is 1.96 bits per heavy atom. The zero-order chi connectivity index (χ0) is 17.5. The third-order valence-corrected chi connectivity index (χ3v) is 3.95. The molecule has 1 atom stereocenters. The van der Waals surface area contributed by atoms with E-state index in [1.807, 2.05) is 26.1 Å². The van der Waals surface area contributed by atoms with Gasteiger partial charge in [-0.1, -0.05) is 19.1 Å². The van der Waals surface area contributed by atoms with E-state index in [0.29, 0.717) is 31.7 Å². The van der Waals surface area contributed by atoms with Crippen LogP contribution in [0.5, 0.6) is 0 Å². The summed E-state index contributed by atoms with van der Waals surface area (Å²) in [5.41, 5.74) is 1.47. The number of hydrogen-bond donors (Lipinski definition) is 3. The van der Waals surface area contributed by atoms with E-state index in [0.717, 1.165) is 5.56 Å². The topological polar surface area (TPSA) is 90.5 Å². The first-order chi connectivity index (χ1) is 11.5. The number of carbonyl (C=O) groups excluding carboxylic acids is 3. The number of rotatable bonds is 6. The smallest absolute Gasteiger partial charge is 0.254 e. The summed E-state index contributed by atoms with van der Waals surface area (Å²) in [7, 11) is 1.81. The highest BCUT2D eigenvalue weighted by Gasteiger charge is 2.22. The largest absolute Gasteiger partial charge is 0.353 e. The molecule has 8 heteroatoms. The Labute approximate surface area is 153 Å². The van der Waals surface area contributed by atoms with E-state index in [-0.39, 0.29) is 42.6 Å². The van der Waals surface area contributed by atoms with Crippen molar-refractivity contribution in [1.82, 2.24) is 20.9 Å². The summed E-state index contributed by atoms with van der Waals surface area (Å²) in [6.45, 7) is 4.02. The highest BCUT2D eigenvalue weighted by molar-refractivity contribution is 5.97. The molecule has 0 aliphatic carbocycles. The van der Waals surface area contributed by atoms with Crippen molar-refractivity contribution >= 4 is 30.1 Å². The molecule has 1 unspecified atom stereocenters. The monoisotopic (exact) mass is 368 g/mol. The highest BCUT2D eigenvalue weighted by atomic mass is 35.5. The fraction of sp³-hybridized carbons (Fsp3) is 0.471. The van der Waals surface area contributed by atoms with Gasteiger partial charge in [-0.25, -0.2) is 0 Å². The number of carbonyl (C=O) groups is 3. The predicted molar refractivity (Wildman–Crippen MR) is 97.5 cm³/mol. The molecule has 0 aromatic heterocycles. The molecule has 1 aliphatic heterocycles. The molecule has 1 aromatic rings. The lowest BCUT2D eigenvalue weighted by Crippen LogP contribution is -2.49. The molecule has 1 heterocycles. The van der Waals surface area contributed by atoms with Gasteiger partial charge in [0.25, 0.3) is 5.91 Å².